The van der Waals surface area contributed by atoms with Gasteiger partial charge in [0.1, 0.15) is 16.5 Å². The summed E-state index contributed by atoms with van der Waals surface area (Å²) in [5.41, 5.74) is 2.82. The Hall–Kier alpha value is -2.00. The van der Waals surface area contributed by atoms with Crippen LogP contribution in [0.3, 0.4) is 0 Å². The zero-order valence-electron chi connectivity index (χ0n) is 18.4. The first-order chi connectivity index (χ1) is 14.3. The maximum atomic E-state index is 13.4. The van der Waals surface area contributed by atoms with Crippen molar-refractivity contribution in [1.29, 1.82) is 0 Å². The zero-order chi connectivity index (χ0) is 21.5. The highest BCUT2D eigenvalue weighted by atomic mass is 32.2. The van der Waals surface area contributed by atoms with Crippen LogP contribution in [-0.4, -0.2) is 59.2 Å². The summed E-state index contributed by atoms with van der Waals surface area (Å²) in [7, 11) is -1.51. The molecular formula is C21H32N6O2S. The monoisotopic (exact) mass is 432 g/mol. The molecule has 2 aromatic heterocycles. The van der Waals surface area contributed by atoms with Crippen molar-refractivity contribution in [3.8, 4) is 0 Å². The van der Waals surface area contributed by atoms with Crippen molar-refractivity contribution in [2.75, 3.05) is 31.6 Å². The Morgan fingerprint density at radius 1 is 1.13 bits per heavy atom. The van der Waals surface area contributed by atoms with Crippen molar-refractivity contribution in [2.24, 2.45) is 0 Å². The molecule has 2 aromatic rings. The quantitative estimate of drug-likeness (QED) is 0.722. The Morgan fingerprint density at radius 3 is 2.70 bits per heavy atom. The van der Waals surface area contributed by atoms with Crippen LogP contribution in [0, 0.1) is 13.8 Å². The number of aromatic nitrogens is 4. The van der Waals surface area contributed by atoms with E-state index < -0.39 is 10.0 Å². The van der Waals surface area contributed by atoms with E-state index in [1.165, 1.54) is 5.56 Å². The second-order valence-electron chi connectivity index (χ2n) is 8.54. The fourth-order valence-corrected chi connectivity index (χ4v) is 6.29. The van der Waals surface area contributed by atoms with Gasteiger partial charge in [-0.05, 0) is 46.0 Å². The molecule has 9 heteroatoms. The Kier molecular flexibility index (Phi) is 5.85. The predicted octanol–water partition coefficient (Wildman–Crippen LogP) is 2.65. The highest BCUT2D eigenvalue weighted by molar-refractivity contribution is 7.89. The van der Waals surface area contributed by atoms with Gasteiger partial charge in [0.2, 0.25) is 10.0 Å². The highest BCUT2D eigenvalue weighted by Crippen LogP contribution is 2.33. The van der Waals surface area contributed by atoms with Crippen LogP contribution in [0.15, 0.2) is 11.1 Å². The van der Waals surface area contributed by atoms with Crippen molar-refractivity contribution >= 4 is 15.8 Å². The third-order valence-corrected chi connectivity index (χ3v) is 8.18. The van der Waals surface area contributed by atoms with E-state index in [4.69, 9.17) is 9.97 Å². The van der Waals surface area contributed by atoms with Crippen LogP contribution >= 0.6 is 0 Å². The average molecular weight is 433 g/mol. The summed E-state index contributed by atoms with van der Waals surface area (Å²) in [6.45, 7) is 8.53. The largest absolute Gasteiger partial charge is 0.359 e. The molecule has 0 N–H and O–H groups in total. The van der Waals surface area contributed by atoms with Crippen molar-refractivity contribution < 1.29 is 8.42 Å². The number of anilines is 1. The van der Waals surface area contributed by atoms with E-state index in [9.17, 15) is 8.42 Å². The van der Waals surface area contributed by atoms with Crippen molar-refractivity contribution in [3.63, 3.8) is 0 Å². The van der Waals surface area contributed by atoms with Crippen LogP contribution in [0.4, 0.5) is 5.82 Å². The molecule has 0 spiro atoms. The van der Waals surface area contributed by atoms with Crippen LogP contribution in [0.25, 0.3) is 0 Å². The van der Waals surface area contributed by atoms with Gasteiger partial charge in [-0.25, -0.2) is 18.4 Å². The molecule has 164 valence electrons. The molecule has 1 fully saturated rings. The molecule has 0 saturated carbocycles. The summed E-state index contributed by atoms with van der Waals surface area (Å²) >= 11 is 0. The highest BCUT2D eigenvalue weighted by Gasteiger charge is 2.34. The predicted molar refractivity (Wildman–Crippen MR) is 116 cm³/mol. The summed E-state index contributed by atoms with van der Waals surface area (Å²) in [6.07, 6.45) is 6.43. The van der Waals surface area contributed by atoms with Gasteiger partial charge < -0.3 is 4.90 Å². The number of aryl methyl sites for hydroxylation is 3. The first-order valence-corrected chi connectivity index (χ1v) is 12.4. The molecular weight excluding hydrogens is 400 g/mol. The lowest BCUT2D eigenvalue weighted by atomic mass is 9.97. The smallest absolute Gasteiger partial charge is 0.246 e. The summed E-state index contributed by atoms with van der Waals surface area (Å²) in [5.74, 6) is 1.80. The van der Waals surface area contributed by atoms with Gasteiger partial charge in [0.15, 0.2) is 0 Å². The van der Waals surface area contributed by atoms with Gasteiger partial charge in [-0.1, -0.05) is 6.92 Å². The molecule has 0 unspecified atom stereocenters. The molecule has 4 rings (SSSR count). The van der Waals surface area contributed by atoms with Crippen LogP contribution in [0.1, 0.15) is 61.3 Å². The fourth-order valence-electron chi connectivity index (χ4n) is 4.60. The summed E-state index contributed by atoms with van der Waals surface area (Å²) in [6, 6.07) is 0. The second kappa shape index (κ2) is 8.26. The van der Waals surface area contributed by atoms with Crippen LogP contribution < -0.4 is 4.90 Å². The average Bonchev–Trinajstić information content (AvgIpc) is 3.10. The van der Waals surface area contributed by atoms with Crippen molar-refractivity contribution in [3.05, 3.63) is 29.0 Å². The molecule has 2 aliphatic heterocycles. The van der Waals surface area contributed by atoms with Crippen LogP contribution in [-0.2, 0) is 23.0 Å². The zero-order valence-corrected chi connectivity index (χ0v) is 19.2. The minimum absolute atomic E-state index is 0.0128. The van der Waals surface area contributed by atoms with E-state index in [0.717, 1.165) is 62.5 Å². The van der Waals surface area contributed by atoms with Gasteiger partial charge in [-0.3, -0.25) is 4.68 Å². The number of piperidine rings is 1. The first-order valence-electron chi connectivity index (χ1n) is 10.9. The molecule has 2 aliphatic rings. The molecule has 0 aliphatic carbocycles. The number of fused-ring (bicyclic) bond motifs is 1. The van der Waals surface area contributed by atoms with Gasteiger partial charge in [-0.15, -0.1) is 0 Å². The van der Waals surface area contributed by atoms with Gasteiger partial charge in [0, 0.05) is 56.6 Å². The standard InChI is InChI=1S/C21H32N6O2S/c1-5-10-26-14-19(16(3)24-26)30(28,29)27-12-6-8-17(13-27)20-22-15(2)18-9-7-11-25(4)21(18)23-20/h14,17H,5-13H2,1-4H3/t17-/m0/s1. The molecule has 1 atom stereocenters. The molecule has 8 nitrogen and oxygen atoms in total. The number of hydrogen-bond donors (Lipinski definition) is 0. The molecule has 4 heterocycles. The Balaban J connectivity index is 1.61. The summed E-state index contributed by atoms with van der Waals surface area (Å²) in [4.78, 5) is 12.2. The van der Waals surface area contributed by atoms with Gasteiger partial charge in [-0.2, -0.15) is 9.40 Å². The minimum atomic E-state index is -3.59. The Labute approximate surface area is 179 Å². The maximum absolute atomic E-state index is 13.4. The van der Waals surface area contributed by atoms with Crippen LogP contribution in [0.2, 0.25) is 0 Å². The molecule has 30 heavy (non-hydrogen) atoms. The Bertz CT molecular complexity index is 1030. The number of nitrogens with zero attached hydrogens (tertiary/aromatic N) is 6. The summed E-state index contributed by atoms with van der Waals surface area (Å²) < 4.78 is 30.1. The molecule has 1 saturated heterocycles. The first kappa shape index (κ1) is 21.2. The molecule has 0 amide bonds. The summed E-state index contributed by atoms with van der Waals surface area (Å²) in [5, 5.41) is 4.39. The molecule has 0 bridgehead atoms. The molecule has 0 radical (unpaired) electrons. The lowest BCUT2D eigenvalue weighted by Crippen LogP contribution is -2.40. The van der Waals surface area contributed by atoms with E-state index in [2.05, 4.69) is 24.0 Å². The number of hydrogen-bond acceptors (Lipinski definition) is 6. The van der Waals surface area contributed by atoms with Gasteiger partial charge in [0.25, 0.3) is 0 Å². The van der Waals surface area contributed by atoms with E-state index in [-0.39, 0.29) is 5.92 Å². The fraction of sp³-hybridized carbons (Fsp3) is 0.667. The van der Waals surface area contributed by atoms with Gasteiger partial charge >= 0.3 is 0 Å². The normalized spacial score (nSPS) is 20.4. The topological polar surface area (TPSA) is 84.2 Å². The lowest BCUT2D eigenvalue weighted by molar-refractivity contribution is 0.308. The third-order valence-electron chi connectivity index (χ3n) is 6.21. The SMILES string of the molecule is CCCn1cc(S(=O)(=O)N2CCC[C@H](c3nc(C)c4c(n3)N(C)CCC4)C2)c(C)n1. The van der Waals surface area contributed by atoms with E-state index in [1.807, 2.05) is 6.92 Å². The number of rotatable bonds is 5. The molecule has 0 aromatic carbocycles. The third kappa shape index (κ3) is 3.85. The number of sulfonamides is 1. The second-order valence-corrected chi connectivity index (χ2v) is 10.4. The van der Waals surface area contributed by atoms with Crippen molar-refractivity contribution in [1.82, 2.24) is 24.1 Å². The van der Waals surface area contributed by atoms with E-state index in [1.54, 1.807) is 22.1 Å². The minimum Gasteiger partial charge on any atom is -0.359 e. The van der Waals surface area contributed by atoms with Gasteiger partial charge in [0.05, 0.1) is 5.69 Å². The van der Waals surface area contributed by atoms with Crippen LogP contribution in [0.5, 0.6) is 0 Å². The van der Waals surface area contributed by atoms with E-state index >= 15 is 0 Å². The van der Waals surface area contributed by atoms with Crippen molar-refractivity contribution in [2.45, 2.75) is 70.2 Å². The van der Waals surface area contributed by atoms with E-state index in [0.29, 0.717) is 23.7 Å². The Morgan fingerprint density at radius 2 is 1.93 bits per heavy atom. The lowest BCUT2D eigenvalue weighted by Gasteiger charge is -2.33. The maximum Gasteiger partial charge on any atom is 0.246 e.